The van der Waals surface area contributed by atoms with E-state index in [1.54, 1.807) is 18.2 Å². The van der Waals surface area contributed by atoms with E-state index in [4.69, 9.17) is 0 Å². The van der Waals surface area contributed by atoms with E-state index in [0.29, 0.717) is 5.56 Å². The summed E-state index contributed by atoms with van der Waals surface area (Å²) in [5.74, 6) is -3.24. The van der Waals surface area contributed by atoms with Crippen molar-refractivity contribution < 1.29 is 18.0 Å². The molecular weight excluding hydrogens is 411 g/mol. The molecule has 0 fully saturated rings. The normalized spacial score (nSPS) is 11.1. The van der Waals surface area contributed by atoms with Gasteiger partial charge in [-0.1, -0.05) is 24.3 Å². The van der Waals surface area contributed by atoms with Gasteiger partial charge in [-0.2, -0.15) is 5.10 Å². The zero-order valence-electron chi connectivity index (χ0n) is 16.1. The number of nitrogens with zero attached hydrogens (tertiary/aromatic N) is 4. The summed E-state index contributed by atoms with van der Waals surface area (Å²) in [5, 5.41) is 6.74. The van der Waals surface area contributed by atoms with E-state index in [1.165, 1.54) is 33.9 Å². The number of fused-ring (bicyclic) bond motifs is 1. The van der Waals surface area contributed by atoms with Crippen LogP contribution in [0.25, 0.3) is 11.0 Å². The summed E-state index contributed by atoms with van der Waals surface area (Å²) in [5.41, 5.74) is -0.429. The Kier molecular flexibility index (Phi) is 5.52. The highest BCUT2D eigenvalue weighted by Crippen LogP contribution is 2.12. The molecule has 1 N–H and O–H groups in total. The van der Waals surface area contributed by atoms with Crippen molar-refractivity contribution in [2.24, 2.45) is 0 Å². The van der Waals surface area contributed by atoms with Gasteiger partial charge in [0.25, 0.3) is 11.5 Å². The molecule has 2 aromatic heterocycles. The van der Waals surface area contributed by atoms with Crippen molar-refractivity contribution in [2.45, 2.75) is 13.1 Å². The smallest absolute Gasteiger partial charge is 0.264 e. The summed E-state index contributed by atoms with van der Waals surface area (Å²) in [4.78, 5) is 29.0. The van der Waals surface area contributed by atoms with Crippen LogP contribution in [0.15, 0.2) is 59.8 Å². The van der Waals surface area contributed by atoms with Crippen molar-refractivity contribution in [1.29, 1.82) is 0 Å². The van der Waals surface area contributed by atoms with Crippen LogP contribution in [0.2, 0.25) is 0 Å². The van der Waals surface area contributed by atoms with E-state index >= 15 is 0 Å². The van der Waals surface area contributed by atoms with Crippen molar-refractivity contribution in [1.82, 2.24) is 24.6 Å². The lowest BCUT2D eigenvalue weighted by atomic mass is 10.2. The second-order valence-corrected chi connectivity index (χ2v) is 6.73. The third-order valence-electron chi connectivity index (χ3n) is 4.72. The van der Waals surface area contributed by atoms with Crippen molar-refractivity contribution >= 4 is 16.9 Å². The van der Waals surface area contributed by atoms with Crippen LogP contribution >= 0.6 is 0 Å². The molecule has 0 atom stereocenters. The number of hydrogen-bond donors (Lipinski definition) is 1. The third kappa shape index (κ3) is 4.04. The fraction of sp³-hybridized carbons (Fsp3) is 0.143. The molecule has 2 heterocycles. The molecule has 31 heavy (non-hydrogen) atoms. The van der Waals surface area contributed by atoms with Gasteiger partial charge in [-0.05, 0) is 18.2 Å². The first kappa shape index (κ1) is 20.3. The summed E-state index contributed by atoms with van der Waals surface area (Å²) in [6.45, 7) is 0.141. The average molecular weight is 427 g/mol. The predicted octanol–water partition coefficient (Wildman–Crippen LogP) is 2.49. The summed E-state index contributed by atoms with van der Waals surface area (Å²) in [7, 11) is 0. The summed E-state index contributed by atoms with van der Waals surface area (Å²) in [6, 6.07) is 9.29. The maximum absolute atomic E-state index is 13.9. The van der Waals surface area contributed by atoms with Gasteiger partial charge < -0.3 is 5.32 Å². The van der Waals surface area contributed by atoms with Gasteiger partial charge in [0.15, 0.2) is 5.65 Å². The van der Waals surface area contributed by atoms with Crippen LogP contribution in [0.3, 0.4) is 0 Å². The molecule has 0 saturated carbocycles. The van der Waals surface area contributed by atoms with Crippen LogP contribution < -0.4 is 10.9 Å². The molecule has 0 saturated heterocycles. The van der Waals surface area contributed by atoms with Gasteiger partial charge in [0.1, 0.15) is 34.7 Å². The quantitative estimate of drug-likeness (QED) is 0.513. The van der Waals surface area contributed by atoms with Crippen LogP contribution in [0.5, 0.6) is 0 Å². The molecule has 0 aliphatic carbocycles. The van der Waals surface area contributed by atoms with E-state index in [2.05, 4.69) is 15.4 Å². The van der Waals surface area contributed by atoms with E-state index in [9.17, 15) is 22.8 Å². The number of aromatic nitrogens is 4. The highest BCUT2D eigenvalue weighted by atomic mass is 19.1. The first-order valence-corrected chi connectivity index (χ1v) is 9.32. The Hall–Kier alpha value is -3.95. The molecular formula is C21H16F3N5O2. The van der Waals surface area contributed by atoms with E-state index < -0.39 is 34.5 Å². The second-order valence-electron chi connectivity index (χ2n) is 6.73. The summed E-state index contributed by atoms with van der Waals surface area (Å²) < 4.78 is 43.9. The second kappa shape index (κ2) is 8.42. The molecule has 0 spiro atoms. The highest BCUT2D eigenvalue weighted by Gasteiger charge is 2.17. The maximum atomic E-state index is 13.9. The molecule has 0 aliphatic rings. The molecule has 4 rings (SSSR count). The standard InChI is InChI=1S/C21H16F3N5O2/c22-15-5-2-1-4-13(15)11-28-12-26-19-14(21(28)31)10-27-29(19)9-8-25-20(30)18-16(23)6-3-7-17(18)24/h1-7,10,12H,8-9,11H2,(H,25,30). The molecule has 158 valence electrons. The molecule has 2 aromatic carbocycles. The minimum Gasteiger partial charge on any atom is -0.350 e. The Morgan fingerprint density at radius 3 is 2.45 bits per heavy atom. The van der Waals surface area contributed by atoms with E-state index in [1.807, 2.05) is 0 Å². The number of rotatable bonds is 6. The van der Waals surface area contributed by atoms with Gasteiger partial charge in [-0.3, -0.25) is 14.2 Å². The lowest BCUT2D eigenvalue weighted by Crippen LogP contribution is -2.29. The van der Waals surface area contributed by atoms with Crippen molar-refractivity contribution in [2.75, 3.05) is 6.54 Å². The first-order valence-electron chi connectivity index (χ1n) is 9.32. The molecule has 7 nitrogen and oxygen atoms in total. The Balaban J connectivity index is 1.48. The molecule has 0 unspecified atom stereocenters. The number of amides is 1. The fourth-order valence-corrected chi connectivity index (χ4v) is 3.16. The largest absolute Gasteiger partial charge is 0.350 e. The van der Waals surface area contributed by atoms with Crippen LogP contribution in [0.4, 0.5) is 13.2 Å². The SMILES string of the molecule is O=C(NCCn1ncc2c(=O)n(Cc3ccccc3F)cnc21)c1c(F)cccc1F. The summed E-state index contributed by atoms with van der Waals surface area (Å²) >= 11 is 0. The van der Waals surface area contributed by atoms with Crippen LogP contribution in [0.1, 0.15) is 15.9 Å². The summed E-state index contributed by atoms with van der Waals surface area (Å²) in [6.07, 6.45) is 2.63. The van der Waals surface area contributed by atoms with Crippen LogP contribution in [0, 0.1) is 17.5 Å². The van der Waals surface area contributed by atoms with Crippen LogP contribution in [-0.4, -0.2) is 31.8 Å². The molecule has 4 aromatic rings. The Morgan fingerprint density at radius 2 is 1.71 bits per heavy atom. The first-order chi connectivity index (χ1) is 15.0. The number of hydrogen-bond acceptors (Lipinski definition) is 4. The van der Waals surface area contributed by atoms with Gasteiger partial charge in [-0.15, -0.1) is 0 Å². The third-order valence-corrected chi connectivity index (χ3v) is 4.72. The minimum absolute atomic E-state index is 0.00335. The Morgan fingerprint density at radius 1 is 1.00 bits per heavy atom. The molecule has 0 aliphatic heterocycles. The van der Waals surface area contributed by atoms with Crippen molar-refractivity contribution in [3.8, 4) is 0 Å². The van der Waals surface area contributed by atoms with E-state index in [-0.39, 0.29) is 30.7 Å². The van der Waals surface area contributed by atoms with Gasteiger partial charge in [0.2, 0.25) is 0 Å². The van der Waals surface area contributed by atoms with Gasteiger partial charge in [0.05, 0.1) is 19.3 Å². The highest BCUT2D eigenvalue weighted by molar-refractivity contribution is 5.94. The van der Waals surface area contributed by atoms with Crippen LogP contribution in [-0.2, 0) is 13.1 Å². The van der Waals surface area contributed by atoms with Gasteiger partial charge >= 0.3 is 0 Å². The van der Waals surface area contributed by atoms with Crippen molar-refractivity contribution in [3.63, 3.8) is 0 Å². The number of carbonyl (C=O) groups excluding carboxylic acids is 1. The lowest BCUT2D eigenvalue weighted by molar-refractivity contribution is 0.0943. The van der Waals surface area contributed by atoms with Crippen molar-refractivity contribution in [3.05, 3.63) is 93.9 Å². The maximum Gasteiger partial charge on any atom is 0.264 e. The Labute approximate surface area is 173 Å². The molecule has 0 radical (unpaired) electrons. The molecule has 1 amide bonds. The average Bonchev–Trinajstić information content (AvgIpc) is 3.15. The minimum atomic E-state index is -0.959. The number of nitrogens with one attached hydrogen (secondary N) is 1. The Bertz CT molecular complexity index is 1310. The topological polar surface area (TPSA) is 81.8 Å². The van der Waals surface area contributed by atoms with E-state index in [0.717, 1.165) is 12.1 Å². The van der Waals surface area contributed by atoms with Gasteiger partial charge in [0, 0.05) is 12.1 Å². The predicted molar refractivity (Wildman–Crippen MR) is 106 cm³/mol. The molecule has 0 bridgehead atoms. The number of benzene rings is 2. The molecule has 10 heteroatoms. The lowest BCUT2D eigenvalue weighted by Gasteiger charge is -2.09. The van der Waals surface area contributed by atoms with Gasteiger partial charge in [-0.25, -0.2) is 22.8 Å². The number of carbonyl (C=O) groups is 1. The number of halogens is 3. The zero-order chi connectivity index (χ0) is 22.0. The monoisotopic (exact) mass is 427 g/mol. The fourth-order valence-electron chi connectivity index (χ4n) is 3.16. The zero-order valence-corrected chi connectivity index (χ0v) is 16.1.